The van der Waals surface area contributed by atoms with Crippen molar-refractivity contribution < 1.29 is 9.53 Å². The van der Waals surface area contributed by atoms with Crippen molar-refractivity contribution in [3.05, 3.63) is 76.5 Å². The Morgan fingerprint density at radius 2 is 2.07 bits per heavy atom. The van der Waals surface area contributed by atoms with E-state index in [1.54, 1.807) is 29.6 Å². The molecule has 0 radical (unpaired) electrons. The molecule has 7 heteroatoms. The summed E-state index contributed by atoms with van der Waals surface area (Å²) < 4.78 is 7.92. The van der Waals surface area contributed by atoms with E-state index in [2.05, 4.69) is 22.5 Å². The van der Waals surface area contributed by atoms with Gasteiger partial charge in [0.05, 0.1) is 28.8 Å². The Kier molecular flexibility index (Phi) is 5.57. The molecule has 0 atom stereocenters. The molecule has 0 aliphatic carbocycles. The summed E-state index contributed by atoms with van der Waals surface area (Å²) in [5.41, 5.74) is 5.27. The van der Waals surface area contributed by atoms with Gasteiger partial charge in [0, 0.05) is 24.5 Å². The number of aromatic nitrogens is 3. The van der Waals surface area contributed by atoms with Crippen molar-refractivity contribution in [1.82, 2.24) is 19.4 Å². The molecule has 148 valence electrons. The number of nitrogens with zero attached hydrogens (tertiary/aromatic N) is 4. The maximum absolute atomic E-state index is 13.0. The summed E-state index contributed by atoms with van der Waals surface area (Å²) >= 11 is 1.53. The molecular weight excluding hydrogens is 384 g/mol. The molecule has 4 aromatic rings. The maximum Gasteiger partial charge on any atom is 0.254 e. The molecule has 0 fully saturated rings. The number of aryl methyl sites for hydroxylation is 1. The largest absolute Gasteiger partial charge is 0.487 e. The quantitative estimate of drug-likeness (QED) is 0.457. The highest BCUT2D eigenvalue weighted by molar-refractivity contribution is 7.07. The average Bonchev–Trinajstić information content (AvgIpc) is 3.39. The minimum absolute atomic E-state index is 0.0705. The molecule has 0 N–H and O–H groups in total. The Bertz CT molecular complexity index is 1120. The van der Waals surface area contributed by atoms with Gasteiger partial charge in [-0.1, -0.05) is 18.2 Å². The zero-order chi connectivity index (χ0) is 20.2. The highest BCUT2D eigenvalue weighted by atomic mass is 32.1. The fourth-order valence-corrected chi connectivity index (χ4v) is 3.83. The number of imidazole rings is 1. The number of hydrogen-bond acceptors (Lipinski definition) is 5. The lowest BCUT2D eigenvalue weighted by atomic mass is 10.2. The highest BCUT2D eigenvalue weighted by Gasteiger charge is 2.17. The lowest BCUT2D eigenvalue weighted by Crippen LogP contribution is -2.27. The minimum Gasteiger partial charge on any atom is -0.487 e. The summed E-state index contributed by atoms with van der Waals surface area (Å²) in [4.78, 5) is 23.6. The third kappa shape index (κ3) is 4.14. The molecule has 0 aliphatic heterocycles. The van der Waals surface area contributed by atoms with Crippen LogP contribution in [0.25, 0.3) is 11.0 Å². The molecule has 6 nitrogen and oxygen atoms in total. The zero-order valence-corrected chi connectivity index (χ0v) is 17.2. The van der Waals surface area contributed by atoms with Crippen LogP contribution in [0.2, 0.25) is 0 Å². The Morgan fingerprint density at radius 1 is 1.21 bits per heavy atom. The summed E-state index contributed by atoms with van der Waals surface area (Å²) in [5, 5.41) is 1.95. The predicted octanol–water partition coefficient (Wildman–Crippen LogP) is 4.36. The lowest BCUT2D eigenvalue weighted by Gasteiger charge is -2.18. The molecule has 2 heterocycles. The van der Waals surface area contributed by atoms with Crippen LogP contribution in [-0.2, 0) is 19.7 Å². The van der Waals surface area contributed by atoms with E-state index >= 15 is 0 Å². The van der Waals surface area contributed by atoms with Crippen LogP contribution in [-0.4, -0.2) is 32.4 Å². The van der Waals surface area contributed by atoms with Crippen LogP contribution in [0, 0.1) is 0 Å². The van der Waals surface area contributed by atoms with Crippen LogP contribution >= 0.6 is 11.3 Å². The molecule has 1 amide bonds. The van der Waals surface area contributed by atoms with Crippen LogP contribution in [0.15, 0.2) is 59.4 Å². The monoisotopic (exact) mass is 406 g/mol. The van der Waals surface area contributed by atoms with E-state index in [1.165, 1.54) is 11.3 Å². The number of hydrogen-bond donors (Lipinski definition) is 0. The minimum atomic E-state index is -0.0705. The molecule has 0 spiro atoms. The molecule has 0 bridgehead atoms. The number of rotatable bonds is 7. The molecule has 0 saturated heterocycles. The molecule has 2 aromatic heterocycles. The van der Waals surface area contributed by atoms with Crippen LogP contribution in [0.5, 0.6) is 5.75 Å². The van der Waals surface area contributed by atoms with Gasteiger partial charge in [-0.3, -0.25) is 4.79 Å². The number of amides is 1. The van der Waals surface area contributed by atoms with Crippen molar-refractivity contribution in [3.63, 3.8) is 0 Å². The van der Waals surface area contributed by atoms with Gasteiger partial charge in [-0.2, -0.15) is 0 Å². The number of carbonyl (C=O) groups is 1. The van der Waals surface area contributed by atoms with Gasteiger partial charge in [0.2, 0.25) is 0 Å². The van der Waals surface area contributed by atoms with Crippen LogP contribution < -0.4 is 4.74 Å². The van der Waals surface area contributed by atoms with E-state index in [0.29, 0.717) is 24.5 Å². The van der Waals surface area contributed by atoms with E-state index < -0.39 is 0 Å². The number of para-hydroxylation sites is 2. The molecule has 29 heavy (non-hydrogen) atoms. The van der Waals surface area contributed by atoms with Gasteiger partial charge in [-0.05, 0) is 37.3 Å². The standard InChI is InChI=1S/C22H22N4O2S/c1-3-26-20-10-5-4-9-19(20)24-21(26)12-25(2)22(27)16-7-6-8-18(11-16)28-13-17-14-29-15-23-17/h4-11,14-15H,3,12-13H2,1-2H3. The van der Waals surface area contributed by atoms with Gasteiger partial charge < -0.3 is 14.2 Å². The second-order valence-corrected chi connectivity index (χ2v) is 7.44. The topological polar surface area (TPSA) is 60.2 Å². The van der Waals surface area contributed by atoms with Gasteiger partial charge in [-0.15, -0.1) is 11.3 Å². The van der Waals surface area contributed by atoms with E-state index in [4.69, 9.17) is 9.72 Å². The smallest absolute Gasteiger partial charge is 0.254 e. The Labute approximate surface area is 173 Å². The zero-order valence-electron chi connectivity index (χ0n) is 16.4. The first kappa shape index (κ1) is 19.1. The fourth-order valence-electron chi connectivity index (χ4n) is 3.29. The molecular formula is C22H22N4O2S. The van der Waals surface area contributed by atoms with Crippen molar-refractivity contribution in [1.29, 1.82) is 0 Å². The first-order valence-corrected chi connectivity index (χ1v) is 10.4. The van der Waals surface area contributed by atoms with Crippen molar-refractivity contribution in [2.45, 2.75) is 26.6 Å². The third-order valence-corrected chi connectivity index (χ3v) is 5.36. The van der Waals surface area contributed by atoms with Gasteiger partial charge >= 0.3 is 0 Å². The predicted molar refractivity (Wildman–Crippen MR) is 114 cm³/mol. The summed E-state index contributed by atoms with van der Waals surface area (Å²) in [5.74, 6) is 1.46. The normalized spacial score (nSPS) is 11.0. The summed E-state index contributed by atoms with van der Waals surface area (Å²) in [7, 11) is 1.80. The molecule has 4 rings (SSSR count). The third-order valence-electron chi connectivity index (χ3n) is 4.73. The fraction of sp³-hybridized carbons (Fsp3) is 0.227. The SMILES string of the molecule is CCn1c(CN(C)C(=O)c2cccc(OCc3cscn3)c2)nc2ccccc21. The Hall–Kier alpha value is -3.19. The molecule has 0 unspecified atom stereocenters. The van der Waals surface area contributed by atoms with Gasteiger partial charge in [-0.25, -0.2) is 9.97 Å². The van der Waals surface area contributed by atoms with Crippen molar-refractivity contribution in [2.75, 3.05) is 7.05 Å². The first-order valence-electron chi connectivity index (χ1n) is 9.45. The molecule has 0 saturated carbocycles. The Balaban J connectivity index is 1.49. The summed E-state index contributed by atoms with van der Waals surface area (Å²) in [6, 6.07) is 15.3. The number of benzene rings is 2. The number of thiazole rings is 1. The number of fused-ring (bicyclic) bond motifs is 1. The summed E-state index contributed by atoms with van der Waals surface area (Å²) in [6.45, 7) is 3.71. The van der Waals surface area contributed by atoms with Crippen LogP contribution in [0.4, 0.5) is 0 Å². The number of ether oxygens (including phenoxy) is 1. The van der Waals surface area contributed by atoms with E-state index in [0.717, 1.165) is 29.1 Å². The first-order chi connectivity index (χ1) is 14.2. The average molecular weight is 407 g/mol. The number of carbonyl (C=O) groups excluding carboxylic acids is 1. The second-order valence-electron chi connectivity index (χ2n) is 6.72. The van der Waals surface area contributed by atoms with Crippen molar-refractivity contribution in [3.8, 4) is 5.75 Å². The second kappa shape index (κ2) is 8.45. The van der Waals surface area contributed by atoms with E-state index in [-0.39, 0.29) is 5.91 Å². The molecule has 0 aliphatic rings. The van der Waals surface area contributed by atoms with Gasteiger partial charge in [0.15, 0.2) is 0 Å². The van der Waals surface area contributed by atoms with Gasteiger partial charge in [0.1, 0.15) is 18.2 Å². The maximum atomic E-state index is 13.0. The van der Waals surface area contributed by atoms with E-state index in [1.807, 2.05) is 35.7 Å². The van der Waals surface area contributed by atoms with Crippen LogP contribution in [0.1, 0.15) is 28.8 Å². The highest BCUT2D eigenvalue weighted by Crippen LogP contribution is 2.19. The van der Waals surface area contributed by atoms with Gasteiger partial charge in [0.25, 0.3) is 5.91 Å². The van der Waals surface area contributed by atoms with Crippen molar-refractivity contribution in [2.24, 2.45) is 0 Å². The lowest BCUT2D eigenvalue weighted by molar-refractivity contribution is 0.0780. The molecule has 2 aromatic carbocycles. The van der Waals surface area contributed by atoms with Crippen LogP contribution in [0.3, 0.4) is 0 Å². The Morgan fingerprint density at radius 3 is 2.86 bits per heavy atom. The summed E-state index contributed by atoms with van der Waals surface area (Å²) in [6.07, 6.45) is 0. The van der Waals surface area contributed by atoms with E-state index in [9.17, 15) is 4.79 Å². The van der Waals surface area contributed by atoms with Crippen molar-refractivity contribution >= 4 is 28.3 Å².